The van der Waals surface area contributed by atoms with E-state index in [4.69, 9.17) is 11.6 Å². The number of aromatic nitrogens is 2. The van der Waals surface area contributed by atoms with Crippen LogP contribution >= 0.6 is 11.6 Å². The van der Waals surface area contributed by atoms with Crippen molar-refractivity contribution in [3.8, 4) is 0 Å². The van der Waals surface area contributed by atoms with Crippen LogP contribution in [0.15, 0.2) is 30.3 Å². The smallest absolute Gasteiger partial charge is 0.135 e. The van der Waals surface area contributed by atoms with E-state index in [9.17, 15) is 0 Å². The monoisotopic (exact) mass is 311 g/mol. The number of hydrogen-bond acceptors (Lipinski definition) is 3. The number of anilines is 1. The molecule has 2 saturated carbocycles. The standard InChI is InChI=1S/C18H18ClN3/c19-15-8-16(22-18(21-15)10-5-6-10)20-9-14-13-7-11-3-1-2-4-12(11)17(13)14/h1-4,8,10,13-14,17H,5-7,9H2,(H,20,21,22). The third-order valence-electron chi connectivity index (χ3n) is 5.37. The van der Waals surface area contributed by atoms with Crippen LogP contribution < -0.4 is 5.32 Å². The molecule has 2 aromatic rings. The molecule has 0 spiro atoms. The lowest BCUT2D eigenvalue weighted by Gasteiger charge is -2.10. The van der Waals surface area contributed by atoms with Crippen molar-refractivity contribution in [3.63, 3.8) is 0 Å². The van der Waals surface area contributed by atoms with Crippen molar-refractivity contribution in [2.24, 2.45) is 11.8 Å². The summed E-state index contributed by atoms with van der Waals surface area (Å²) in [5, 5.41) is 4.05. The zero-order chi connectivity index (χ0) is 14.7. The van der Waals surface area contributed by atoms with E-state index in [0.717, 1.165) is 35.9 Å². The Morgan fingerprint density at radius 1 is 1.18 bits per heavy atom. The Kier molecular flexibility index (Phi) is 2.75. The molecule has 1 aromatic heterocycles. The molecule has 1 aromatic carbocycles. The van der Waals surface area contributed by atoms with E-state index in [2.05, 4.69) is 39.6 Å². The van der Waals surface area contributed by atoms with E-state index < -0.39 is 0 Å². The molecule has 3 nitrogen and oxygen atoms in total. The number of benzene rings is 1. The van der Waals surface area contributed by atoms with Gasteiger partial charge in [0, 0.05) is 18.5 Å². The molecule has 5 rings (SSSR count). The van der Waals surface area contributed by atoms with E-state index in [1.165, 1.54) is 19.3 Å². The quantitative estimate of drug-likeness (QED) is 0.867. The van der Waals surface area contributed by atoms with E-state index >= 15 is 0 Å². The Morgan fingerprint density at radius 2 is 2.05 bits per heavy atom. The van der Waals surface area contributed by atoms with Crippen LogP contribution in [0.5, 0.6) is 0 Å². The van der Waals surface area contributed by atoms with Gasteiger partial charge in [-0.05, 0) is 48.1 Å². The van der Waals surface area contributed by atoms with Crippen LogP contribution in [0.2, 0.25) is 5.15 Å². The van der Waals surface area contributed by atoms with Crippen LogP contribution in [0.25, 0.3) is 0 Å². The third-order valence-corrected chi connectivity index (χ3v) is 5.57. The molecule has 2 fully saturated rings. The highest BCUT2D eigenvalue weighted by Crippen LogP contribution is 2.61. The molecule has 1 heterocycles. The molecule has 1 N–H and O–H groups in total. The Labute approximate surface area is 135 Å². The van der Waals surface area contributed by atoms with Gasteiger partial charge in [0.15, 0.2) is 0 Å². The SMILES string of the molecule is Clc1cc(NCC2C3Cc4ccccc4C23)nc(C2CC2)n1. The van der Waals surface area contributed by atoms with Crippen LogP contribution in [-0.4, -0.2) is 16.5 Å². The van der Waals surface area contributed by atoms with Crippen molar-refractivity contribution in [1.29, 1.82) is 0 Å². The minimum Gasteiger partial charge on any atom is -0.370 e. The molecular formula is C18H18ClN3. The molecule has 22 heavy (non-hydrogen) atoms. The highest BCUT2D eigenvalue weighted by molar-refractivity contribution is 6.29. The second-order valence-electron chi connectivity index (χ2n) is 6.85. The minimum absolute atomic E-state index is 0.534. The maximum absolute atomic E-state index is 6.12. The summed E-state index contributed by atoms with van der Waals surface area (Å²) in [4.78, 5) is 8.97. The number of nitrogens with one attached hydrogen (secondary N) is 1. The molecule has 3 atom stereocenters. The van der Waals surface area contributed by atoms with Crippen LogP contribution in [-0.2, 0) is 6.42 Å². The Bertz CT molecular complexity index is 741. The summed E-state index contributed by atoms with van der Waals surface area (Å²) in [6, 6.07) is 10.7. The number of fused-ring (bicyclic) bond motifs is 3. The fourth-order valence-corrected chi connectivity index (χ4v) is 4.22. The summed E-state index contributed by atoms with van der Waals surface area (Å²) >= 11 is 6.12. The Hall–Kier alpha value is -1.61. The number of rotatable bonds is 4. The molecule has 0 aliphatic heterocycles. The second kappa shape index (κ2) is 4.69. The van der Waals surface area contributed by atoms with E-state index in [1.807, 2.05) is 6.07 Å². The highest BCUT2D eigenvalue weighted by atomic mass is 35.5. The first-order chi connectivity index (χ1) is 10.8. The molecule has 4 heteroatoms. The van der Waals surface area contributed by atoms with Crippen LogP contribution in [0.4, 0.5) is 5.82 Å². The molecule has 3 aliphatic rings. The molecule has 0 saturated heterocycles. The lowest BCUT2D eigenvalue weighted by molar-refractivity contribution is 0.717. The number of nitrogens with zero attached hydrogens (tertiary/aromatic N) is 2. The van der Waals surface area contributed by atoms with Crippen molar-refractivity contribution < 1.29 is 0 Å². The van der Waals surface area contributed by atoms with Gasteiger partial charge in [-0.25, -0.2) is 9.97 Å². The van der Waals surface area contributed by atoms with E-state index in [1.54, 1.807) is 11.1 Å². The summed E-state index contributed by atoms with van der Waals surface area (Å²) in [5.41, 5.74) is 3.12. The lowest BCUT2D eigenvalue weighted by atomic mass is 10.0. The highest BCUT2D eigenvalue weighted by Gasteiger charge is 2.54. The largest absolute Gasteiger partial charge is 0.370 e. The van der Waals surface area contributed by atoms with Gasteiger partial charge in [0.05, 0.1) is 0 Å². The first kappa shape index (κ1) is 12.9. The van der Waals surface area contributed by atoms with Gasteiger partial charge in [-0.15, -0.1) is 0 Å². The van der Waals surface area contributed by atoms with Crippen molar-refractivity contribution in [1.82, 2.24) is 9.97 Å². The van der Waals surface area contributed by atoms with Gasteiger partial charge >= 0.3 is 0 Å². The van der Waals surface area contributed by atoms with Gasteiger partial charge in [-0.2, -0.15) is 0 Å². The summed E-state index contributed by atoms with van der Waals surface area (Å²) in [6.07, 6.45) is 3.64. The first-order valence-electron chi connectivity index (χ1n) is 8.16. The number of halogens is 1. The van der Waals surface area contributed by atoms with E-state index in [-0.39, 0.29) is 0 Å². The fourth-order valence-electron chi connectivity index (χ4n) is 4.03. The lowest BCUT2D eigenvalue weighted by Crippen LogP contribution is -2.10. The topological polar surface area (TPSA) is 37.8 Å². The van der Waals surface area contributed by atoms with Crippen molar-refractivity contribution >= 4 is 17.4 Å². The molecule has 3 unspecified atom stereocenters. The third kappa shape index (κ3) is 2.11. The zero-order valence-corrected chi connectivity index (χ0v) is 13.1. The van der Waals surface area contributed by atoms with Gasteiger partial charge in [-0.3, -0.25) is 0 Å². The summed E-state index contributed by atoms with van der Waals surface area (Å²) in [6.45, 7) is 0.987. The second-order valence-corrected chi connectivity index (χ2v) is 7.23. The summed E-state index contributed by atoms with van der Waals surface area (Å²) < 4.78 is 0. The van der Waals surface area contributed by atoms with E-state index in [0.29, 0.717) is 11.1 Å². The van der Waals surface area contributed by atoms with Crippen molar-refractivity contribution in [2.45, 2.75) is 31.1 Å². The van der Waals surface area contributed by atoms with Gasteiger partial charge < -0.3 is 5.32 Å². The first-order valence-corrected chi connectivity index (χ1v) is 8.53. The normalized spacial score (nSPS) is 28.1. The summed E-state index contributed by atoms with van der Waals surface area (Å²) in [5.74, 6) is 4.66. The van der Waals surface area contributed by atoms with Crippen molar-refractivity contribution in [3.05, 3.63) is 52.4 Å². The van der Waals surface area contributed by atoms with Gasteiger partial charge in [-0.1, -0.05) is 35.9 Å². The Balaban J connectivity index is 1.28. The van der Waals surface area contributed by atoms with Gasteiger partial charge in [0.2, 0.25) is 0 Å². The van der Waals surface area contributed by atoms with Crippen molar-refractivity contribution in [2.75, 3.05) is 11.9 Å². The fraction of sp³-hybridized carbons (Fsp3) is 0.444. The van der Waals surface area contributed by atoms with Gasteiger partial charge in [0.1, 0.15) is 16.8 Å². The molecule has 0 radical (unpaired) electrons. The summed E-state index contributed by atoms with van der Waals surface area (Å²) in [7, 11) is 0. The Morgan fingerprint density at radius 3 is 2.91 bits per heavy atom. The van der Waals surface area contributed by atoms with Crippen LogP contribution in [0, 0.1) is 11.8 Å². The molecule has 112 valence electrons. The molecule has 0 bridgehead atoms. The predicted octanol–water partition coefficient (Wildman–Crippen LogP) is 4.01. The average molecular weight is 312 g/mol. The average Bonchev–Trinajstić information content (AvgIpc) is 3.42. The molecular weight excluding hydrogens is 294 g/mol. The molecule has 3 aliphatic carbocycles. The van der Waals surface area contributed by atoms with Crippen LogP contribution in [0.3, 0.4) is 0 Å². The minimum atomic E-state index is 0.534. The van der Waals surface area contributed by atoms with Crippen LogP contribution in [0.1, 0.15) is 41.6 Å². The van der Waals surface area contributed by atoms with Gasteiger partial charge in [0.25, 0.3) is 0 Å². The maximum Gasteiger partial charge on any atom is 0.135 e. The molecule has 0 amide bonds. The zero-order valence-electron chi connectivity index (χ0n) is 12.3. The number of hydrogen-bond donors (Lipinski definition) is 1. The maximum atomic E-state index is 6.12. The predicted molar refractivity (Wildman–Crippen MR) is 87.4 cm³/mol.